The van der Waals surface area contributed by atoms with Gasteiger partial charge in [-0.2, -0.15) is 0 Å². The van der Waals surface area contributed by atoms with Gasteiger partial charge in [-0.3, -0.25) is 9.78 Å². The van der Waals surface area contributed by atoms with Crippen LogP contribution in [0.3, 0.4) is 0 Å². The van der Waals surface area contributed by atoms with Crippen LogP contribution in [0.25, 0.3) is 22.6 Å². The minimum absolute atomic E-state index is 0.375. The maximum absolute atomic E-state index is 13.7. The molecule has 128 valence electrons. The molecule has 2 aromatic carbocycles. The van der Waals surface area contributed by atoms with Gasteiger partial charge in [0.15, 0.2) is 5.58 Å². The van der Waals surface area contributed by atoms with E-state index in [1.54, 1.807) is 42.7 Å². The van der Waals surface area contributed by atoms with Gasteiger partial charge in [-0.15, -0.1) is 0 Å². The van der Waals surface area contributed by atoms with Crippen LogP contribution in [0.15, 0.2) is 65.3 Å². The van der Waals surface area contributed by atoms with Gasteiger partial charge in [-0.25, -0.2) is 13.8 Å². The van der Waals surface area contributed by atoms with Crippen LogP contribution in [0.4, 0.5) is 14.5 Å². The second-order valence-corrected chi connectivity index (χ2v) is 5.52. The number of amides is 1. The number of nitrogens with one attached hydrogen (secondary N) is 1. The Morgan fingerprint density at radius 1 is 1.00 bits per heavy atom. The van der Waals surface area contributed by atoms with Crippen molar-refractivity contribution in [1.29, 1.82) is 0 Å². The highest BCUT2D eigenvalue weighted by molar-refractivity contribution is 6.05. The van der Waals surface area contributed by atoms with Crippen molar-refractivity contribution in [2.75, 3.05) is 5.32 Å². The zero-order valence-corrected chi connectivity index (χ0v) is 13.2. The lowest BCUT2D eigenvalue weighted by molar-refractivity contribution is 0.102. The average molecular weight is 351 g/mol. The molecule has 0 aliphatic carbocycles. The highest BCUT2D eigenvalue weighted by Crippen LogP contribution is 2.26. The molecule has 1 N–H and O–H groups in total. The fourth-order valence-electron chi connectivity index (χ4n) is 2.49. The molecule has 0 aliphatic rings. The van der Waals surface area contributed by atoms with Crippen LogP contribution in [-0.4, -0.2) is 15.9 Å². The van der Waals surface area contributed by atoms with Crippen molar-refractivity contribution in [3.63, 3.8) is 0 Å². The number of carbonyl (C=O) groups is 1. The average Bonchev–Trinajstić information content (AvgIpc) is 3.08. The lowest BCUT2D eigenvalue weighted by Crippen LogP contribution is -2.14. The molecule has 2 aromatic heterocycles. The number of hydrogen-bond acceptors (Lipinski definition) is 4. The zero-order valence-electron chi connectivity index (χ0n) is 13.2. The van der Waals surface area contributed by atoms with E-state index in [1.807, 2.05) is 0 Å². The molecule has 0 atom stereocenters. The SMILES string of the molecule is O=C(Nc1ccc2nc(-c3ccncc3)oc2c1)c1cc(F)ccc1F. The quantitative estimate of drug-likeness (QED) is 0.593. The van der Waals surface area contributed by atoms with E-state index in [9.17, 15) is 13.6 Å². The Labute approximate surface area is 146 Å². The predicted octanol–water partition coefficient (Wildman–Crippen LogP) is 4.42. The van der Waals surface area contributed by atoms with E-state index in [2.05, 4.69) is 15.3 Å². The molecule has 2 heterocycles. The van der Waals surface area contributed by atoms with Gasteiger partial charge in [0.25, 0.3) is 5.91 Å². The summed E-state index contributed by atoms with van der Waals surface area (Å²) in [6.45, 7) is 0. The van der Waals surface area contributed by atoms with Crippen LogP contribution in [0.5, 0.6) is 0 Å². The number of carbonyl (C=O) groups excluding carboxylic acids is 1. The Kier molecular flexibility index (Phi) is 3.89. The molecule has 1 amide bonds. The van der Waals surface area contributed by atoms with Crippen LogP contribution in [0.1, 0.15) is 10.4 Å². The molecule has 5 nitrogen and oxygen atoms in total. The molecule has 0 spiro atoms. The van der Waals surface area contributed by atoms with Gasteiger partial charge in [0.1, 0.15) is 17.2 Å². The van der Waals surface area contributed by atoms with E-state index in [1.165, 1.54) is 0 Å². The number of nitrogens with zero attached hydrogens (tertiary/aromatic N) is 2. The second-order valence-electron chi connectivity index (χ2n) is 5.52. The molecule has 4 rings (SSSR count). The Morgan fingerprint density at radius 2 is 1.81 bits per heavy atom. The number of hydrogen-bond donors (Lipinski definition) is 1. The topological polar surface area (TPSA) is 68.0 Å². The van der Waals surface area contributed by atoms with Gasteiger partial charge in [-0.1, -0.05) is 0 Å². The molecule has 0 aliphatic heterocycles. The largest absolute Gasteiger partial charge is 0.436 e. The molecule has 0 radical (unpaired) electrons. The van der Waals surface area contributed by atoms with Crippen molar-refractivity contribution in [1.82, 2.24) is 9.97 Å². The van der Waals surface area contributed by atoms with Crippen molar-refractivity contribution in [3.8, 4) is 11.5 Å². The Bertz CT molecular complexity index is 1110. The van der Waals surface area contributed by atoms with E-state index in [0.717, 1.165) is 23.8 Å². The first-order chi connectivity index (χ1) is 12.6. The number of pyridine rings is 1. The number of aromatic nitrogens is 2. The van der Waals surface area contributed by atoms with Crippen molar-refractivity contribution >= 4 is 22.7 Å². The van der Waals surface area contributed by atoms with E-state index >= 15 is 0 Å². The molecule has 0 fully saturated rings. The third-order valence-electron chi connectivity index (χ3n) is 3.75. The minimum Gasteiger partial charge on any atom is -0.436 e. The third-order valence-corrected chi connectivity index (χ3v) is 3.75. The molecular weight excluding hydrogens is 340 g/mol. The molecular formula is C19H11F2N3O2. The Hall–Kier alpha value is -3.61. The third kappa shape index (κ3) is 3.02. The van der Waals surface area contributed by atoms with Crippen LogP contribution >= 0.6 is 0 Å². The smallest absolute Gasteiger partial charge is 0.258 e. The maximum Gasteiger partial charge on any atom is 0.258 e. The molecule has 7 heteroatoms. The fourth-order valence-corrected chi connectivity index (χ4v) is 2.49. The maximum atomic E-state index is 13.7. The summed E-state index contributed by atoms with van der Waals surface area (Å²) in [6, 6.07) is 11.1. The number of halogens is 2. The first kappa shape index (κ1) is 15.9. The molecule has 0 bridgehead atoms. The number of fused-ring (bicyclic) bond motifs is 1. The van der Waals surface area contributed by atoms with Gasteiger partial charge in [0, 0.05) is 29.7 Å². The van der Waals surface area contributed by atoms with Gasteiger partial charge in [0.2, 0.25) is 5.89 Å². The number of rotatable bonds is 3. The van der Waals surface area contributed by atoms with Crippen molar-refractivity contribution < 1.29 is 18.0 Å². The summed E-state index contributed by atoms with van der Waals surface area (Å²) >= 11 is 0. The number of benzene rings is 2. The van der Waals surface area contributed by atoms with Gasteiger partial charge >= 0.3 is 0 Å². The predicted molar refractivity (Wildman–Crippen MR) is 91.6 cm³/mol. The summed E-state index contributed by atoms with van der Waals surface area (Å²) < 4.78 is 32.7. The monoisotopic (exact) mass is 351 g/mol. The minimum atomic E-state index is -0.801. The standard InChI is InChI=1S/C19H11F2N3O2/c20-12-1-3-15(21)14(9-12)18(25)23-13-2-4-16-17(10-13)26-19(24-16)11-5-7-22-8-6-11/h1-10H,(H,23,25). The van der Waals surface area contributed by atoms with Gasteiger partial charge < -0.3 is 9.73 Å². The van der Waals surface area contributed by atoms with Crippen molar-refractivity contribution in [2.45, 2.75) is 0 Å². The lowest BCUT2D eigenvalue weighted by atomic mass is 10.2. The van der Waals surface area contributed by atoms with E-state index in [4.69, 9.17) is 4.42 Å². The first-order valence-corrected chi connectivity index (χ1v) is 7.67. The highest BCUT2D eigenvalue weighted by atomic mass is 19.1. The summed E-state index contributed by atoms with van der Waals surface area (Å²) in [5.74, 6) is -1.83. The Balaban J connectivity index is 1.63. The van der Waals surface area contributed by atoms with E-state index in [-0.39, 0.29) is 5.56 Å². The number of oxazole rings is 1. The molecule has 0 unspecified atom stereocenters. The van der Waals surface area contributed by atoms with Crippen molar-refractivity contribution in [2.24, 2.45) is 0 Å². The normalized spacial score (nSPS) is 10.8. The summed E-state index contributed by atoms with van der Waals surface area (Å²) in [5.41, 5.74) is 1.83. The molecule has 4 aromatic rings. The highest BCUT2D eigenvalue weighted by Gasteiger charge is 2.14. The summed E-state index contributed by atoms with van der Waals surface area (Å²) in [5, 5.41) is 2.52. The molecule has 0 saturated carbocycles. The first-order valence-electron chi connectivity index (χ1n) is 7.67. The van der Waals surface area contributed by atoms with Crippen molar-refractivity contribution in [3.05, 3.63) is 78.1 Å². The lowest BCUT2D eigenvalue weighted by Gasteiger charge is -2.06. The zero-order chi connectivity index (χ0) is 18.1. The Morgan fingerprint density at radius 3 is 2.62 bits per heavy atom. The fraction of sp³-hybridized carbons (Fsp3) is 0. The van der Waals surface area contributed by atoms with Crippen LogP contribution in [-0.2, 0) is 0 Å². The van der Waals surface area contributed by atoms with Crippen LogP contribution in [0.2, 0.25) is 0 Å². The van der Waals surface area contributed by atoms with Gasteiger partial charge in [-0.05, 0) is 42.5 Å². The van der Waals surface area contributed by atoms with Gasteiger partial charge in [0.05, 0.1) is 5.56 Å². The van der Waals surface area contributed by atoms with E-state index in [0.29, 0.717) is 22.7 Å². The van der Waals surface area contributed by atoms with Crippen LogP contribution in [0, 0.1) is 11.6 Å². The molecule has 26 heavy (non-hydrogen) atoms. The summed E-state index contributed by atoms with van der Waals surface area (Å²) in [7, 11) is 0. The summed E-state index contributed by atoms with van der Waals surface area (Å²) in [4.78, 5) is 20.5. The molecule has 0 saturated heterocycles. The summed E-state index contributed by atoms with van der Waals surface area (Å²) in [6.07, 6.45) is 3.26. The van der Waals surface area contributed by atoms with E-state index < -0.39 is 17.5 Å². The van der Waals surface area contributed by atoms with Crippen LogP contribution < -0.4 is 5.32 Å². The second kappa shape index (κ2) is 6.36. The number of anilines is 1.